The summed E-state index contributed by atoms with van der Waals surface area (Å²) >= 11 is 0. The van der Waals surface area contributed by atoms with Gasteiger partial charge in [-0.25, -0.2) is 4.98 Å². The molecule has 3 heterocycles. The first-order valence-corrected chi connectivity index (χ1v) is 7.69. The fraction of sp³-hybridized carbons (Fsp3) is 0.533. The molecule has 3 rings (SSSR count). The Bertz CT molecular complexity index is 622. The summed E-state index contributed by atoms with van der Waals surface area (Å²) in [4.78, 5) is 17.0. The highest BCUT2D eigenvalue weighted by Gasteiger charge is 2.41. The van der Waals surface area contributed by atoms with Crippen molar-refractivity contribution in [2.24, 2.45) is 0 Å². The van der Waals surface area contributed by atoms with Crippen LogP contribution in [-0.2, 0) is 16.9 Å². The second-order valence-corrected chi connectivity index (χ2v) is 5.66. The molecular weight excluding hydrogens is 351 g/mol. The normalized spacial score (nSPS) is 15.9. The molecule has 0 aromatic carbocycles. The maximum Gasteiger partial charge on any atom is 0.248 e. The van der Waals surface area contributed by atoms with Crippen LogP contribution >= 0.6 is 24.8 Å². The fourth-order valence-corrected chi connectivity index (χ4v) is 3.02. The second-order valence-electron chi connectivity index (χ2n) is 5.66. The van der Waals surface area contributed by atoms with Gasteiger partial charge in [-0.3, -0.25) is 9.48 Å². The molecule has 0 bridgehead atoms. The zero-order valence-corrected chi connectivity index (χ0v) is 15.3. The van der Waals surface area contributed by atoms with Crippen LogP contribution in [0.3, 0.4) is 0 Å². The number of aromatic nitrogens is 4. The predicted octanol–water partition coefficient (Wildman–Crippen LogP) is 1.13. The van der Waals surface area contributed by atoms with Crippen LogP contribution < -0.4 is 10.6 Å². The second kappa shape index (κ2) is 9.05. The SMILES string of the molecule is Cc1nccn1CCNC(=O)C1(n2cccn2)CCNCC1.Cl.Cl. The standard InChI is InChI=1S/C15H22N6O.2ClH/c1-13-17-8-11-20(13)12-9-18-14(22)15(3-6-16-7-4-15)21-10-2-5-19-21;;/h2,5,8,10-11,16H,3-4,6-7,9,12H2,1H3,(H,18,22);2*1H. The van der Waals surface area contributed by atoms with Gasteiger partial charge >= 0.3 is 0 Å². The van der Waals surface area contributed by atoms with Crippen LogP contribution in [0.15, 0.2) is 30.9 Å². The smallest absolute Gasteiger partial charge is 0.248 e. The van der Waals surface area contributed by atoms with Crippen molar-refractivity contribution in [1.29, 1.82) is 0 Å². The van der Waals surface area contributed by atoms with Gasteiger partial charge in [0.2, 0.25) is 5.91 Å². The van der Waals surface area contributed by atoms with Crippen LogP contribution in [0, 0.1) is 6.92 Å². The molecule has 2 aromatic rings. The number of nitrogens with one attached hydrogen (secondary N) is 2. The van der Waals surface area contributed by atoms with Crippen LogP contribution in [0.2, 0.25) is 0 Å². The monoisotopic (exact) mass is 374 g/mol. The molecule has 1 amide bonds. The van der Waals surface area contributed by atoms with Crippen molar-refractivity contribution in [1.82, 2.24) is 30.0 Å². The molecule has 1 aliphatic rings. The van der Waals surface area contributed by atoms with Gasteiger partial charge in [0.05, 0.1) is 0 Å². The Labute approximate surface area is 154 Å². The number of rotatable bonds is 5. The van der Waals surface area contributed by atoms with Crippen LogP contribution in [0.1, 0.15) is 18.7 Å². The van der Waals surface area contributed by atoms with Gasteiger partial charge in [0.15, 0.2) is 0 Å². The third-order valence-corrected chi connectivity index (χ3v) is 4.36. The summed E-state index contributed by atoms with van der Waals surface area (Å²) in [6.07, 6.45) is 8.82. The van der Waals surface area contributed by atoms with Crippen LogP contribution in [0.25, 0.3) is 0 Å². The minimum atomic E-state index is -0.571. The lowest BCUT2D eigenvalue weighted by Gasteiger charge is -2.36. The first-order valence-electron chi connectivity index (χ1n) is 7.69. The molecule has 134 valence electrons. The van der Waals surface area contributed by atoms with Crippen molar-refractivity contribution in [3.05, 3.63) is 36.7 Å². The molecule has 24 heavy (non-hydrogen) atoms. The topological polar surface area (TPSA) is 76.8 Å². The van der Waals surface area contributed by atoms with Crippen molar-refractivity contribution in [2.75, 3.05) is 19.6 Å². The number of nitrogens with zero attached hydrogens (tertiary/aromatic N) is 4. The van der Waals surface area contributed by atoms with Gasteiger partial charge in [0.25, 0.3) is 0 Å². The molecule has 0 radical (unpaired) electrons. The Kier molecular flexibility index (Phi) is 7.72. The molecule has 9 heteroatoms. The molecule has 0 aliphatic carbocycles. The highest BCUT2D eigenvalue weighted by atomic mass is 35.5. The molecule has 0 spiro atoms. The number of hydrogen-bond donors (Lipinski definition) is 2. The van der Waals surface area contributed by atoms with Crippen molar-refractivity contribution >= 4 is 30.7 Å². The first kappa shape index (κ1) is 20.5. The van der Waals surface area contributed by atoms with E-state index in [0.29, 0.717) is 6.54 Å². The lowest BCUT2D eigenvalue weighted by Crippen LogP contribution is -2.55. The third kappa shape index (κ3) is 4.09. The highest BCUT2D eigenvalue weighted by molar-refractivity contribution is 5.85. The zero-order valence-electron chi connectivity index (χ0n) is 13.6. The maximum atomic E-state index is 12.8. The van der Waals surface area contributed by atoms with Gasteiger partial charge < -0.3 is 15.2 Å². The number of amides is 1. The number of carbonyl (C=O) groups is 1. The summed E-state index contributed by atoms with van der Waals surface area (Å²) in [5.74, 6) is 1.01. The van der Waals surface area contributed by atoms with Crippen LogP contribution in [0.4, 0.5) is 0 Å². The highest BCUT2D eigenvalue weighted by Crippen LogP contribution is 2.27. The summed E-state index contributed by atoms with van der Waals surface area (Å²) < 4.78 is 3.84. The molecule has 1 fully saturated rings. The average molecular weight is 375 g/mol. The summed E-state index contributed by atoms with van der Waals surface area (Å²) in [6, 6.07) is 1.87. The van der Waals surface area contributed by atoms with Gasteiger partial charge in [-0.05, 0) is 38.9 Å². The molecule has 0 saturated carbocycles. The van der Waals surface area contributed by atoms with E-state index >= 15 is 0 Å². The number of aryl methyl sites for hydroxylation is 1. The number of halogens is 2. The van der Waals surface area contributed by atoms with E-state index in [1.54, 1.807) is 12.4 Å². The minimum Gasteiger partial charge on any atom is -0.352 e. The largest absolute Gasteiger partial charge is 0.352 e. The van der Waals surface area contributed by atoms with E-state index in [9.17, 15) is 4.79 Å². The lowest BCUT2D eigenvalue weighted by molar-refractivity contribution is -0.132. The molecule has 2 aromatic heterocycles. The van der Waals surface area contributed by atoms with Crippen molar-refractivity contribution in [2.45, 2.75) is 31.8 Å². The van der Waals surface area contributed by atoms with Crippen LogP contribution in [-0.4, -0.2) is 44.9 Å². The fourth-order valence-electron chi connectivity index (χ4n) is 3.02. The Morgan fingerprint density at radius 1 is 1.29 bits per heavy atom. The minimum absolute atomic E-state index is 0. The van der Waals surface area contributed by atoms with Gasteiger partial charge in [0.1, 0.15) is 11.4 Å². The number of carbonyl (C=O) groups excluding carboxylic acids is 1. The van der Waals surface area contributed by atoms with Crippen molar-refractivity contribution < 1.29 is 4.79 Å². The van der Waals surface area contributed by atoms with E-state index in [1.165, 1.54) is 0 Å². The van der Waals surface area contributed by atoms with E-state index in [-0.39, 0.29) is 30.7 Å². The van der Waals surface area contributed by atoms with Gasteiger partial charge in [-0.1, -0.05) is 0 Å². The summed E-state index contributed by atoms with van der Waals surface area (Å²) in [7, 11) is 0. The van der Waals surface area contributed by atoms with Crippen molar-refractivity contribution in [3.63, 3.8) is 0 Å². The summed E-state index contributed by atoms with van der Waals surface area (Å²) in [5, 5.41) is 10.7. The third-order valence-electron chi connectivity index (χ3n) is 4.36. The molecule has 0 atom stereocenters. The Morgan fingerprint density at radius 3 is 2.62 bits per heavy atom. The maximum absolute atomic E-state index is 12.8. The van der Waals surface area contributed by atoms with Crippen molar-refractivity contribution in [3.8, 4) is 0 Å². The molecule has 2 N–H and O–H groups in total. The molecular formula is C15H24Cl2N6O. The Balaban J connectivity index is 0.00000144. The number of hydrogen-bond acceptors (Lipinski definition) is 4. The average Bonchev–Trinajstić information content (AvgIpc) is 3.20. The quantitative estimate of drug-likeness (QED) is 0.822. The van der Waals surface area contributed by atoms with Gasteiger partial charge in [-0.2, -0.15) is 5.10 Å². The van der Waals surface area contributed by atoms with Crippen LogP contribution in [0.5, 0.6) is 0 Å². The summed E-state index contributed by atoms with van der Waals surface area (Å²) in [5.41, 5.74) is -0.571. The molecule has 1 saturated heterocycles. The van der Waals surface area contributed by atoms with Gasteiger partial charge in [0, 0.05) is 37.9 Å². The number of imidazole rings is 1. The van der Waals surface area contributed by atoms with E-state index in [1.807, 2.05) is 34.6 Å². The Morgan fingerprint density at radius 2 is 2.04 bits per heavy atom. The lowest BCUT2D eigenvalue weighted by atomic mass is 9.87. The predicted molar refractivity (Wildman–Crippen MR) is 96.8 cm³/mol. The molecule has 0 unspecified atom stereocenters. The van der Waals surface area contributed by atoms with E-state index in [4.69, 9.17) is 0 Å². The number of piperidine rings is 1. The first-order chi connectivity index (χ1) is 10.7. The Hall–Kier alpha value is -1.57. The molecule has 7 nitrogen and oxygen atoms in total. The van der Waals surface area contributed by atoms with Gasteiger partial charge in [-0.15, -0.1) is 24.8 Å². The zero-order chi connectivity index (χ0) is 15.4. The van der Waals surface area contributed by atoms with E-state index in [0.717, 1.165) is 38.3 Å². The molecule has 1 aliphatic heterocycles. The summed E-state index contributed by atoms with van der Waals surface area (Å²) in [6.45, 7) is 4.93. The van der Waals surface area contributed by atoms with E-state index in [2.05, 4.69) is 20.7 Å². The van der Waals surface area contributed by atoms with E-state index < -0.39 is 5.54 Å².